The van der Waals surface area contributed by atoms with Gasteiger partial charge in [-0.1, -0.05) is 0 Å². The average molecular weight is 282 g/mol. The predicted molar refractivity (Wildman–Crippen MR) is 68.3 cm³/mol. The van der Waals surface area contributed by atoms with Crippen molar-refractivity contribution in [1.82, 2.24) is 9.78 Å². The highest BCUT2D eigenvalue weighted by Gasteiger charge is 2.30. The zero-order valence-corrected chi connectivity index (χ0v) is 10.7. The fourth-order valence-corrected chi connectivity index (χ4v) is 4.06. The first-order valence-electron chi connectivity index (χ1n) is 5.84. The van der Waals surface area contributed by atoms with E-state index in [1.807, 2.05) is 0 Å². The van der Waals surface area contributed by atoms with Crippen LogP contribution in [0.2, 0.25) is 0 Å². The zero-order chi connectivity index (χ0) is 13.6. The summed E-state index contributed by atoms with van der Waals surface area (Å²) in [6.45, 7) is 0. The first kappa shape index (κ1) is 12.3. The first-order chi connectivity index (χ1) is 8.96. The predicted octanol–water partition coefficient (Wildman–Crippen LogP) is 0.895. The smallest absolute Gasteiger partial charge is 0.267 e. The van der Waals surface area contributed by atoms with Gasteiger partial charge in [-0.3, -0.25) is 4.79 Å². The molecule has 0 spiro atoms. The van der Waals surface area contributed by atoms with Crippen LogP contribution in [-0.4, -0.2) is 29.7 Å². The van der Waals surface area contributed by atoms with Crippen molar-refractivity contribution in [1.29, 1.82) is 0 Å². The Hall–Kier alpha value is -1.76. The highest BCUT2D eigenvalue weighted by molar-refractivity contribution is 7.91. The van der Waals surface area contributed by atoms with E-state index in [0.717, 1.165) is 0 Å². The van der Waals surface area contributed by atoms with Crippen LogP contribution in [0.15, 0.2) is 29.2 Å². The molecule has 0 saturated carbocycles. The van der Waals surface area contributed by atoms with Gasteiger partial charge in [0.15, 0.2) is 9.84 Å². The molecule has 2 aromatic rings. The van der Waals surface area contributed by atoms with Gasteiger partial charge in [0.2, 0.25) is 0 Å². The van der Waals surface area contributed by atoms with Crippen molar-refractivity contribution in [2.24, 2.45) is 0 Å². The number of sulfone groups is 1. The molecule has 1 aromatic carbocycles. The molecule has 1 atom stereocenters. The van der Waals surface area contributed by atoms with Crippen molar-refractivity contribution in [3.63, 3.8) is 0 Å². The number of fused-ring (bicyclic) bond motifs is 1. The Bertz CT molecular complexity index is 813. The van der Waals surface area contributed by atoms with E-state index in [1.54, 1.807) is 0 Å². The summed E-state index contributed by atoms with van der Waals surface area (Å²) < 4.78 is 37.1. The first-order valence-corrected chi connectivity index (χ1v) is 7.66. The lowest BCUT2D eigenvalue weighted by molar-refractivity contribution is 0.478. The Morgan fingerprint density at radius 2 is 2.16 bits per heavy atom. The summed E-state index contributed by atoms with van der Waals surface area (Å²) in [7, 11) is -3.08. The number of aromatic nitrogens is 2. The molecule has 1 aromatic heterocycles. The molecule has 0 amide bonds. The summed E-state index contributed by atoms with van der Waals surface area (Å²) in [6, 6.07) is 3.42. The van der Waals surface area contributed by atoms with E-state index in [2.05, 4.69) is 5.10 Å². The van der Waals surface area contributed by atoms with Gasteiger partial charge < -0.3 is 0 Å². The van der Waals surface area contributed by atoms with E-state index < -0.39 is 21.7 Å². The molecule has 1 fully saturated rings. The average Bonchev–Trinajstić information content (AvgIpc) is 2.69. The second-order valence-electron chi connectivity index (χ2n) is 4.68. The molecule has 1 saturated heterocycles. The Balaban J connectivity index is 2.14. The van der Waals surface area contributed by atoms with Gasteiger partial charge in [0.05, 0.1) is 29.1 Å². The molecule has 1 aliphatic rings. The van der Waals surface area contributed by atoms with Crippen molar-refractivity contribution in [3.05, 3.63) is 40.6 Å². The number of rotatable bonds is 1. The Morgan fingerprint density at radius 1 is 1.37 bits per heavy atom. The van der Waals surface area contributed by atoms with Crippen LogP contribution in [0.3, 0.4) is 0 Å². The molecular weight excluding hydrogens is 271 g/mol. The maximum absolute atomic E-state index is 13.1. The van der Waals surface area contributed by atoms with Crippen molar-refractivity contribution in [2.75, 3.05) is 11.5 Å². The maximum atomic E-state index is 13.1. The summed E-state index contributed by atoms with van der Waals surface area (Å²) in [6.07, 6.45) is 1.78. The second kappa shape index (κ2) is 4.12. The van der Waals surface area contributed by atoms with Gasteiger partial charge in [0.25, 0.3) is 5.56 Å². The topological polar surface area (TPSA) is 69.0 Å². The van der Waals surface area contributed by atoms with Crippen LogP contribution < -0.4 is 5.56 Å². The quantitative estimate of drug-likeness (QED) is 0.779. The molecule has 7 heteroatoms. The minimum atomic E-state index is -3.08. The van der Waals surface area contributed by atoms with Crippen LogP contribution in [0, 0.1) is 5.82 Å². The zero-order valence-electron chi connectivity index (χ0n) is 9.91. The van der Waals surface area contributed by atoms with Crippen molar-refractivity contribution < 1.29 is 12.8 Å². The third kappa shape index (κ3) is 2.14. The van der Waals surface area contributed by atoms with Gasteiger partial charge in [0.1, 0.15) is 5.82 Å². The fraction of sp³-hybridized carbons (Fsp3) is 0.333. The molecule has 100 valence electrons. The van der Waals surface area contributed by atoms with Gasteiger partial charge in [0, 0.05) is 5.39 Å². The lowest BCUT2D eigenvalue weighted by Crippen LogP contribution is -2.28. The van der Waals surface area contributed by atoms with Gasteiger partial charge >= 0.3 is 0 Å². The summed E-state index contributed by atoms with van der Waals surface area (Å²) >= 11 is 0. The van der Waals surface area contributed by atoms with Crippen molar-refractivity contribution >= 4 is 20.6 Å². The van der Waals surface area contributed by atoms with Gasteiger partial charge in [-0.15, -0.1) is 0 Å². The van der Waals surface area contributed by atoms with Crippen LogP contribution in [-0.2, 0) is 9.84 Å². The fourth-order valence-electron chi connectivity index (χ4n) is 2.36. The number of benzene rings is 1. The summed E-state index contributed by atoms with van der Waals surface area (Å²) in [5, 5.41) is 4.73. The Kier molecular flexibility index (Phi) is 2.67. The molecule has 2 heterocycles. The molecule has 5 nitrogen and oxygen atoms in total. The van der Waals surface area contributed by atoms with E-state index in [9.17, 15) is 17.6 Å². The van der Waals surface area contributed by atoms with E-state index in [4.69, 9.17) is 0 Å². The lowest BCUT2D eigenvalue weighted by atomic mass is 10.2. The largest absolute Gasteiger partial charge is 0.274 e. The number of halogens is 1. The van der Waals surface area contributed by atoms with Gasteiger partial charge in [-0.25, -0.2) is 17.5 Å². The van der Waals surface area contributed by atoms with E-state index >= 15 is 0 Å². The van der Waals surface area contributed by atoms with Crippen LogP contribution in [0.5, 0.6) is 0 Å². The van der Waals surface area contributed by atoms with Crippen LogP contribution in [0.4, 0.5) is 4.39 Å². The summed E-state index contributed by atoms with van der Waals surface area (Å²) in [5.74, 6) is -0.422. The number of hydrogen-bond donors (Lipinski definition) is 0. The van der Waals surface area contributed by atoms with Gasteiger partial charge in [-0.2, -0.15) is 5.10 Å². The monoisotopic (exact) mass is 282 g/mol. The minimum Gasteiger partial charge on any atom is -0.267 e. The Morgan fingerprint density at radius 3 is 2.84 bits per heavy atom. The summed E-state index contributed by atoms with van der Waals surface area (Å²) in [4.78, 5) is 12.2. The molecular formula is C12H11FN2O3S. The molecule has 0 aliphatic carbocycles. The van der Waals surface area contributed by atoms with Crippen LogP contribution >= 0.6 is 0 Å². The normalized spacial score (nSPS) is 21.8. The third-order valence-corrected chi connectivity index (χ3v) is 5.08. The second-order valence-corrected chi connectivity index (χ2v) is 6.91. The molecule has 0 bridgehead atoms. The maximum Gasteiger partial charge on any atom is 0.274 e. The highest BCUT2D eigenvalue weighted by Crippen LogP contribution is 2.22. The Labute approximate surface area is 108 Å². The van der Waals surface area contributed by atoms with E-state index in [1.165, 1.54) is 29.1 Å². The van der Waals surface area contributed by atoms with Crippen LogP contribution in [0.25, 0.3) is 10.8 Å². The SMILES string of the molecule is O=c1c2ccc(F)cc2cnn1C1CCS(=O)(=O)C1. The highest BCUT2D eigenvalue weighted by atomic mass is 32.2. The number of nitrogens with zero attached hydrogens (tertiary/aromatic N) is 2. The van der Waals surface area contributed by atoms with Crippen molar-refractivity contribution in [2.45, 2.75) is 12.5 Å². The molecule has 19 heavy (non-hydrogen) atoms. The molecule has 1 aliphatic heterocycles. The minimum absolute atomic E-state index is 0.0629. The van der Waals surface area contributed by atoms with Crippen LogP contribution in [0.1, 0.15) is 12.5 Å². The third-order valence-electron chi connectivity index (χ3n) is 3.33. The molecule has 0 radical (unpaired) electrons. The summed E-state index contributed by atoms with van der Waals surface area (Å²) in [5.41, 5.74) is -0.375. The molecule has 1 unspecified atom stereocenters. The molecule has 0 N–H and O–H groups in total. The van der Waals surface area contributed by atoms with E-state index in [-0.39, 0.29) is 17.1 Å². The van der Waals surface area contributed by atoms with Gasteiger partial charge in [-0.05, 0) is 24.6 Å². The van der Waals surface area contributed by atoms with Crippen molar-refractivity contribution in [3.8, 4) is 0 Å². The standard InChI is InChI=1S/C12H11FN2O3S/c13-9-1-2-11-8(5-9)6-14-15(12(11)16)10-3-4-19(17,18)7-10/h1-2,5-6,10H,3-4,7H2. The van der Waals surface area contributed by atoms with E-state index in [0.29, 0.717) is 17.2 Å². The number of hydrogen-bond acceptors (Lipinski definition) is 4. The lowest BCUT2D eigenvalue weighted by Gasteiger charge is -2.11. The molecule has 3 rings (SSSR count).